The Labute approximate surface area is 92.1 Å². The van der Waals surface area contributed by atoms with Crippen molar-refractivity contribution in [3.8, 4) is 0 Å². The maximum Gasteiger partial charge on any atom is 0.180 e. The number of hydrogen-bond acceptors (Lipinski definition) is 4. The maximum atomic E-state index is 6.03. The third-order valence-corrected chi connectivity index (χ3v) is 2.59. The van der Waals surface area contributed by atoms with Crippen molar-refractivity contribution in [2.75, 3.05) is 7.11 Å². The van der Waals surface area contributed by atoms with E-state index in [-0.39, 0.29) is 0 Å². The Hall–Kier alpha value is -1.20. The average Bonchev–Trinajstić information content (AvgIpc) is 2.63. The van der Waals surface area contributed by atoms with Crippen LogP contribution in [0.25, 0.3) is 5.65 Å². The summed E-state index contributed by atoms with van der Waals surface area (Å²) in [5.41, 5.74) is 0.0762. The van der Waals surface area contributed by atoms with Gasteiger partial charge in [-0.3, -0.25) is 9.38 Å². The summed E-state index contributed by atoms with van der Waals surface area (Å²) in [7, 11) is 1.62. The summed E-state index contributed by atoms with van der Waals surface area (Å²) in [6, 6.07) is 0. The smallest absolute Gasteiger partial charge is 0.180 e. The molecule has 2 aromatic heterocycles. The van der Waals surface area contributed by atoms with Crippen molar-refractivity contribution in [3.05, 3.63) is 23.4 Å². The average molecular weight is 227 g/mol. The fraction of sp³-hybridized carbons (Fsp3) is 0.444. The molecule has 0 aliphatic rings. The first-order valence-electron chi connectivity index (χ1n) is 4.46. The molecule has 0 bridgehead atoms. The van der Waals surface area contributed by atoms with Gasteiger partial charge in [-0.2, -0.15) is 0 Å². The molecule has 0 amide bonds. The summed E-state index contributed by atoms with van der Waals surface area (Å²) >= 11 is 6.03. The Balaban J connectivity index is 2.73. The second-order valence-electron chi connectivity index (χ2n) is 3.66. The van der Waals surface area contributed by atoms with Gasteiger partial charge in [0.1, 0.15) is 10.8 Å². The van der Waals surface area contributed by atoms with Crippen molar-refractivity contribution in [2.45, 2.75) is 19.4 Å². The van der Waals surface area contributed by atoms with Crippen molar-refractivity contribution in [2.24, 2.45) is 0 Å². The quantitative estimate of drug-likeness (QED) is 0.782. The van der Waals surface area contributed by atoms with Crippen molar-refractivity contribution in [1.82, 2.24) is 19.6 Å². The van der Waals surface area contributed by atoms with Gasteiger partial charge < -0.3 is 4.74 Å². The SMILES string of the molecule is COC(C)(C)c1nnc2cncc(Cl)n12. The molecule has 0 saturated heterocycles. The summed E-state index contributed by atoms with van der Waals surface area (Å²) in [6.07, 6.45) is 3.15. The molecule has 15 heavy (non-hydrogen) atoms. The molecule has 0 aliphatic heterocycles. The van der Waals surface area contributed by atoms with Crippen LogP contribution in [-0.2, 0) is 10.3 Å². The van der Waals surface area contributed by atoms with E-state index in [1.807, 2.05) is 13.8 Å². The van der Waals surface area contributed by atoms with Crippen LogP contribution in [0, 0.1) is 0 Å². The van der Waals surface area contributed by atoms with Gasteiger partial charge in [0.2, 0.25) is 0 Å². The lowest BCUT2D eigenvalue weighted by Crippen LogP contribution is -2.23. The molecule has 0 atom stereocenters. The van der Waals surface area contributed by atoms with E-state index < -0.39 is 5.60 Å². The highest BCUT2D eigenvalue weighted by atomic mass is 35.5. The fourth-order valence-corrected chi connectivity index (χ4v) is 1.52. The van der Waals surface area contributed by atoms with E-state index in [0.29, 0.717) is 16.6 Å². The lowest BCUT2D eigenvalue weighted by atomic mass is 10.1. The number of rotatable bonds is 2. The first kappa shape index (κ1) is 10.3. The van der Waals surface area contributed by atoms with Crippen LogP contribution in [-0.4, -0.2) is 26.7 Å². The third-order valence-electron chi connectivity index (χ3n) is 2.32. The molecule has 0 fully saturated rings. The Kier molecular flexibility index (Phi) is 2.36. The monoisotopic (exact) mass is 226 g/mol. The second-order valence-corrected chi connectivity index (χ2v) is 4.05. The predicted molar refractivity (Wildman–Crippen MR) is 55.8 cm³/mol. The van der Waals surface area contributed by atoms with Crippen molar-refractivity contribution in [3.63, 3.8) is 0 Å². The van der Waals surface area contributed by atoms with Crippen LogP contribution in [0.3, 0.4) is 0 Å². The zero-order valence-electron chi connectivity index (χ0n) is 8.73. The summed E-state index contributed by atoms with van der Waals surface area (Å²) in [5, 5.41) is 8.51. The molecule has 0 spiro atoms. The molecule has 0 saturated carbocycles. The van der Waals surface area contributed by atoms with Crippen molar-refractivity contribution >= 4 is 17.2 Å². The van der Waals surface area contributed by atoms with E-state index in [0.717, 1.165) is 0 Å². The fourth-order valence-electron chi connectivity index (χ4n) is 1.29. The van der Waals surface area contributed by atoms with Gasteiger partial charge in [0, 0.05) is 7.11 Å². The van der Waals surface area contributed by atoms with Gasteiger partial charge in [-0.15, -0.1) is 10.2 Å². The normalized spacial score (nSPS) is 12.3. The van der Waals surface area contributed by atoms with E-state index >= 15 is 0 Å². The van der Waals surface area contributed by atoms with E-state index in [2.05, 4.69) is 15.2 Å². The number of methoxy groups -OCH3 is 1. The Bertz CT molecular complexity index is 494. The number of halogens is 1. The zero-order valence-corrected chi connectivity index (χ0v) is 9.49. The minimum absolute atomic E-state index is 0.470. The molecule has 2 heterocycles. The van der Waals surface area contributed by atoms with Crippen LogP contribution < -0.4 is 0 Å². The number of fused-ring (bicyclic) bond motifs is 1. The summed E-state index contributed by atoms with van der Waals surface area (Å²) < 4.78 is 7.06. The number of ether oxygens (including phenoxy) is 1. The maximum absolute atomic E-state index is 6.03. The van der Waals surface area contributed by atoms with E-state index in [1.54, 1.807) is 23.9 Å². The molecular formula is C9H11ClN4O. The molecular weight excluding hydrogens is 216 g/mol. The van der Waals surface area contributed by atoms with Gasteiger partial charge in [-0.1, -0.05) is 11.6 Å². The van der Waals surface area contributed by atoms with Gasteiger partial charge >= 0.3 is 0 Å². The molecule has 80 valence electrons. The first-order chi connectivity index (χ1) is 7.06. The zero-order chi connectivity index (χ0) is 11.1. The molecule has 6 heteroatoms. The molecule has 0 unspecified atom stereocenters. The lowest BCUT2D eigenvalue weighted by molar-refractivity contribution is 0.0106. The van der Waals surface area contributed by atoms with E-state index in [4.69, 9.17) is 16.3 Å². The van der Waals surface area contributed by atoms with Crippen molar-refractivity contribution < 1.29 is 4.74 Å². The van der Waals surface area contributed by atoms with Crippen LogP contribution in [0.5, 0.6) is 0 Å². The highest BCUT2D eigenvalue weighted by molar-refractivity contribution is 6.29. The van der Waals surface area contributed by atoms with Crippen LogP contribution >= 0.6 is 11.6 Å². The minimum Gasteiger partial charge on any atom is -0.371 e. The van der Waals surface area contributed by atoms with Crippen LogP contribution in [0.15, 0.2) is 12.4 Å². The van der Waals surface area contributed by atoms with Gasteiger partial charge in [-0.05, 0) is 13.8 Å². The largest absolute Gasteiger partial charge is 0.371 e. The number of nitrogens with zero attached hydrogens (tertiary/aromatic N) is 4. The number of hydrogen-bond donors (Lipinski definition) is 0. The highest BCUT2D eigenvalue weighted by Gasteiger charge is 2.26. The Morgan fingerprint density at radius 2 is 2.07 bits per heavy atom. The first-order valence-corrected chi connectivity index (χ1v) is 4.84. The number of aromatic nitrogens is 4. The second kappa shape index (κ2) is 3.43. The summed E-state index contributed by atoms with van der Waals surface area (Å²) in [4.78, 5) is 3.94. The van der Waals surface area contributed by atoms with Gasteiger partial charge in [0.15, 0.2) is 11.5 Å². The van der Waals surface area contributed by atoms with Gasteiger partial charge in [0.25, 0.3) is 0 Å². The summed E-state index contributed by atoms with van der Waals surface area (Å²) in [5.74, 6) is 0.660. The van der Waals surface area contributed by atoms with Crippen LogP contribution in [0.2, 0.25) is 5.15 Å². The van der Waals surface area contributed by atoms with E-state index in [9.17, 15) is 0 Å². The molecule has 0 radical (unpaired) electrons. The highest BCUT2D eigenvalue weighted by Crippen LogP contribution is 2.24. The van der Waals surface area contributed by atoms with Gasteiger partial charge in [0.05, 0.1) is 12.4 Å². The topological polar surface area (TPSA) is 52.3 Å². The lowest BCUT2D eigenvalue weighted by Gasteiger charge is -2.20. The molecule has 5 nitrogen and oxygen atoms in total. The Morgan fingerprint density at radius 3 is 2.73 bits per heavy atom. The van der Waals surface area contributed by atoms with Gasteiger partial charge in [-0.25, -0.2) is 0 Å². The predicted octanol–water partition coefficient (Wildman–Crippen LogP) is 1.66. The molecule has 2 rings (SSSR count). The molecule has 0 N–H and O–H groups in total. The van der Waals surface area contributed by atoms with Crippen LogP contribution in [0.1, 0.15) is 19.7 Å². The molecule has 2 aromatic rings. The molecule has 0 aliphatic carbocycles. The summed E-state index contributed by atoms with van der Waals surface area (Å²) in [6.45, 7) is 3.81. The third kappa shape index (κ3) is 1.57. The minimum atomic E-state index is -0.537. The Morgan fingerprint density at radius 1 is 1.33 bits per heavy atom. The van der Waals surface area contributed by atoms with E-state index in [1.165, 1.54) is 0 Å². The standard InChI is InChI=1S/C9H11ClN4O/c1-9(2,15-3)8-13-12-7-5-11-4-6(10)14(7)8/h4-5H,1-3H3. The van der Waals surface area contributed by atoms with Crippen LogP contribution in [0.4, 0.5) is 0 Å². The van der Waals surface area contributed by atoms with Crippen molar-refractivity contribution in [1.29, 1.82) is 0 Å². The molecule has 0 aromatic carbocycles.